The monoisotopic (exact) mass is 462 g/mol. The number of aryl methyl sites for hydroxylation is 2. The van der Waals surface area contributed by atoms with Gasteiger partial charge in [-0.3, -0.25) is 4.79 Å². The summed E-state index contributed by atoms with van der Waals surface area (Å²) in [5, 5.41) is 6.11. The highest BCUT2D eigenvalue weighted by Gasteiger charge is 2.27. The van der Waals surface area contributed by atoms with Crippen LogP contribution in [0.25, 0.3) is 0 Å². The van der Waals surface area contributed by atoms with Crippen molar-refractivity contribution in [3.8, 4) is 5.75 Å². The highest BCUT2D eigenvalue weighted by atomic mass is 79.9. The summed E-state index contributed by atoms with van der Waals surface area (Å²) in [5.41, 5.74) is 2.57. The number of nitrogens with one attached hydrogen (secondary N) is 2. The molecule has 0 aromatic heterocycles. The summed E-state index contributed by atoms with van der Waals surface area (Å²) in [6.45, 7) is 8.49. The molecule has 4 nitrogen and oxygen atoms in total. The Morgan fingerprint density at radius 1 is 1.14 bits per heavy atom. The lowest BCUT2D eigenvalue weighted by molar-refractivity contribution is -0.128. The fourth-order valence-corrected chi connectivity index (χ4v) is 3.12. The molecule has 0 bridgehead atoms. The third kappa shape index (κ3) is 6.91. The average molecular weight is 463 g/mol. The number of amides is 1. The number of anilines is 1. The van der Waals surface area contributed by atoms with E-state index >= 15 is 0 Å². The third-order valence-corrected chi connectivity index (χ3v) is 5.22. The van der Waals surface area contributed by atoms with Crippen LogP contribution in [0.1, 0.15) is 37.8 Å². The number of carbonyl (C=O) groups excluding carboxylic acids is 1. The summed E-state index contributed by atoms with van der Waals surface area (Å²) in [7, 11) is 0. The van der Waals surface area contributed by atoms with Crippen molar-refractivity contribution in [1.29, 1.82) is 0 Å². The average Bonchev–Trinajstić information content (AvgIpc) is 2.63. The predicted molar refractivity (Wildman–Crippen MR) is 123 cm³/mol. The quantitative estimate of drug-likeness (QED) is 0.405. The normalized spacial score (nSPS) is 11.0. The van der Waals surface area contributed by atoms with E-state index in [0.29, 0.717) is 18.1 Å². The first-order valence-electron chi connectivity index (χ1n) is 9.25. The van der Waals surface area contributed by atoms with Crippen LogP contribution in [0.3, 0.4) is 0 Å². The molecule has 0 heterocycles. The van der Waals surface area contributed by atoms with Crippen LogP contribution in [-0.4, -0.2) is 17.6 Å². The molecular weight excluding hydrogens is 436 g/mol. The van der Waals surface area contributed by atoms with Crippen LogP contribution in [0, 0.1) is 19.3 Å². The Bertz CT molecular complexity index is 835. The number of hydrogen-bond acceptors (Lipinski definition) is 3. The molecule has 0 saturated heterocycles. The molecule has 2 aromatic carbocycles. The smallest absolute Gasteiger partial charge is 0.231 e. The van der Waals surface area contributed by atoms with Gasteiger partial charge in [0, 0.05) is 15.6 Å². The lowest BCUT2D eigenvalue weighted by atomic mass is 9.87. The van der Waals surface area contributed by atoms with Crippen molar-refractivity contribution in [3.63, 3.8) is 0 Å². The van der Waals surface area contributed by atoms with Crippen molar-refractivity contribution in [2.24, 2.45) is 5.41 Å². The molecule has 150 valence electrons. The van der Waals surface area contributed by atoms with Gasteiger partial charge in [-0.15, -0.1) is 0 Å². The van der Waals surface area contributed by atoms with E-state index in [2.05, 4.69) is 38.7 Å². The Kier molecular flexibility index (Phi) is 8.01. The summed E-state index contributed by atoms with van der Waals surface area (Å²) < 4.78 is 6.87. The first kappa shape index (κ1) is 22.4. The molecule has 6 heteroatoms. The van der Waals surface area contributed by atoms with Crippen molar-refractivity contribution >= 4 is 44.9 Å². The second kappa shape index (κ2) is 10.0. The summed E-state index contributed by atoms with van der Waals surface area (Å²) in [4.78, 5) is 12.6. The fourth-order valence-electron chi connectivity index (χ4n) is 2.64. The van der Waals surface area contributed by atoms with Gasteiger partial charge in [-0.25, -0.2) is 0 Å². The van der Waals surface area contributed by atoms with E-state index in [4.69, 9.17) is 17.0 Å². The highest BCUT2D eigenvalue weighted by Crippen LogP contribution is 2.24. The molecule has 0 aliphatic heterocycles. The van der Waals surface area contributed by atoms with Crippen LogP contribution >= 0.6 is 28.1 Å². The molecule has 0 spiro atoms. The van der Waals surface area contributed by atoms with Gasteiger partial charge >= 0.3 is 0 Å². The van der Waals surface area contributed by atoms with Crippen molar-refractivity contribution in [2.75, 3.05) is 11.9 Å². The van der Waals surface area contributed by atoms with Crippen LogP contribution in [0.4, 0.5) is 5.69 Å². The van der Waals surface area contributed by atoms with E-state index < -0.39 is 5.41 Å². The minimum absolute atomic E-state index is 0.103. The number of hydrogen-bond donors (Lipinski definition) is 2. The molecule has 0 unspecified atom stereocenters. The van der Waals surface area contributed by atoms with Crippen LogP contribution in [0.5, 0.6) is 5.75 Å². The maximum absolute atomic E-state index is 12.6. The van der Waals surface area contributed by atoms with Gasteiger partial charge in [0.15, 0.2) is 5.11 Å². The zero-order valence-corrected chi connectivity index (χ0v) is 19.2. The standard InChI is InChI=1S/C22H27BrN2O2S/c1-15-6-7-16(2)19(14-15)27-13-5-12-22(3,4)20(26)25-21(28)24-18-10-8-17(23)9-11-18/h6-11,14H,5,12-13H2,1-4H3,(H2,24,25,26,28). The molecule has 2 aromatic rings. The first-order chi connectivity index (χ1) is 13.2. The van der Waals surface area contributed by atoms with Crippen molar-refractivity contribution in [3.05, 3.63) is 58.1 Å². The van der Waals surface area contributed by atoms with E-state index in [1.54, 1.807) is 0 Å². The lowest BCUT2D eigenvalue weighted by Gasteiger charge is -2.24. The highest BCUT2D eigenvalue weighted by molar-refractivity contribution is 9.10. The summed E-state index contributed by atoms with van der Waals surface area (Å²) >= 11 is 8.65. The first-order valence-corrected chi connectivity index (χ1v) is 10.5. The molecule has 0 radical (unpaired) electrons. The zero-order valence-electron chi connectivity index (χ0n) is 16.8. The Balaban J connectivity index is 1.79. The van der Waals surface area contributed by atoms with E-state index in [-0.39, 0.29) is 5.91 Å². The molecule has 0 saturated carbocycles. The van der Waals surface area contributed by atoms with E-state index in [1.165, 1.54) is 5.56 Å². The molecule has 0 fully saturated rings. The van der Waals surface area contributed by atoms with Gasteiger partial charge in [0.1, 0.15) is 5.75 Å². The van der Waals surface area contributed by atoms with E-state index in [0.717, 1.165) is 27.9 Å². The van der Waals surface area contributed by atoms with Gasteiger partial charge in [0.25, 0.3) is 0 Å². The minimum atomic E-state index is -0.545. The number of carbonyl (C=O) groups is 1. The van der Waals surface area contributed by atoms with E-state index in [9.17, 15) is 4.79 Å². The SMILES string of the molecule is Cc1ccc(C)c(OCCCC(C)(C)C(=O)NC(=S)Nc2ccc(Br)cc2)c1. The van der Waals surface area contributed by atoms with Gasteiger partial charge in [0.05, 0.1) is 6.61 Å². The van der Waals surface area contributed by atoms with Crippen molar-refractivity contribution in [1.82, 2.24) is 5.32 Å². The van der Waals surface area contributed by atoms with Crippen LogP contribution in [0.2, 0.25) is 0 Å². The number of benzene rings is 2. The molecule has 0 atom stereocenters. The van der Waals surface area contributed by atoms with Crippen LogP contribution in [0.15, 0.2) is 46.9 Å². The Morgan fingerprint density at radius 3 is 2.50 bits per heavy atom. The zero-order chi connectivity index (χ0) is 20.7. The fraction of sp³-hybridized carbons (Fsp3) is 0.364. The van der Waals surface area contributed by atoms with Gasteiger partial charge in [0.2, 0.25) is 5.91 Å². The summed E-state index contributed by atoms with van der Waals surface area (Å²) in [6, 6.07) is 13.8. The molecule has 0 aliphatic carbocycles. The Morgan fingerprint density at radius 2 is 1.82 bits per heavy atom. The second-order valence-corrected chi connectivity index (χ2v) is 8.84. The summed E-state index contributed by atoms with van der Waals surface area (Å²) in [5.74, 6) is 0.802. The van der Waals surface area contributed by atoms with Gasteiger partial charge in [-0.05, 0) is 80.4 Å². The number of halogens is 1. The maximum atomic E-state index is 12.6. The molecule has 1 amide bonds. The Hall–Kier alpha value is -1.92. The third-order valence-electron chi connectivity index (χ3n) is 4.49. The number of thiocarbonyl (C=S) groups is 1. The Labute approximate surface area is 181 Å². The maximum Gasteiger partial charge on any atom is 0.231 e. The topological polar surface area (TPSA) is 50.4 Å². The van der Waals surface area contributed by atoms with E-state index in [1.807, 2.05) is 58.0 Å². The second-order valence-electron chi connectivity index (χ2n) is 7.52. The van der Waals surface area contributed by atoms with Crippen molar-refractivity contribution < 1.29 is 9.53 Å². The molecule has 2 N–H and O–H groups in total. The van der Waals surface area contributed by atoms with Crippen molar-refractivity contribution in [2.45, 2.75) is 40.5 Å². The van der Waals surface area contributed by atoms with Gasteiger partial charge in [-0.1, -0.05) is 41.9 Å². The van der Waals surface area contributed by atoms with Gasteiger partial charge in [-0.2, -0.15) is 0 Å². The molecule has 0 aliphatic rings. The predicted octanol–water partition coefficient (Wildman–Crippen LogP) is 5.76. The number of rotatable bonds is 7. The largest absolute Gasteiger partial charge is 0.493 e. The van der Waals surface area contributed by atoms with Crippen LogP contribution < -0.4 is 15.4 Å². The number of ether oxygens (including phenoxy) is 1. The lowest BCUT2D eigenvalue weighted by Crippen LogP contribution is -2.42. The van der Waals surface area contributed by atoms with Crippen LogP contribution in [-0.2, 0) is 4.79 Å². The summed E-state index contributed by atoms with van der Waals surface area (Å²) in [6.07, 6.45) is 1.48. The molecule has 28 heavy (non-hydrogen) atoms. The molecular formula is C22H27BrN2O2S. The molecule has 2 rings (SSSR count). The van der Waals surface area contributed by atoms with Gasteiger partial charge < -0.3 is 15.4 Å². The minimum Gasteiger partial charge on any atom is -0.493 e.